The van der Waals surface area contributed by atoms with Gasteiger partial charge in [-0.2, -0.15) is 0 Å². The number of hydrogen-bond donors (Lipinski definition) is 1. The molecule has 0 bridgehead atoms. The summed E-state index contributed by atoms with van der Waals surface area (Å²) in [6, 6.07) is 19.3. The Morgan fingerprint density at radius 1 is 0.962 bits per heavy atom. The fourth-order valence-electron chi connectivity index (χ4n) is 4.06. The van der Waals surface area contributed by atoms with Gasteiger partial charge in [-0.1, -0.05) is 63.2 Å². The minimum Gasteiger partial charge on any atom is -0.323 e. The van der Waals surface area contributed by atoms with E-state index in [1.54, 1.807) is 0 Å². The Morgan fingerprint density at radius 2 is 1.65 bits per heavy atom. The van der Waals surface area contributed by atoms with Crippen molar-refractivity contribution in [3.8, 4) is 11.3 Å². The van der Waals surface area contributed by atoms with Crippen LogP contribution in [-0.2, 0) is 0 Å². The molecule has 0 saturated carbocycles. The van der Waals surface area contributed by atoms with E-state index in [0.29, 0.717) is 6.04 Å². The molecule has 26 heavy (non-hydrogen) atoms. The number of aromatic amines is 1. The molecular weight excluding hydrogens is 320 g/mol. The van der Waals surface area contributed by atoms with Gasteiger partial charge in [-0.05, 0) is 31.6 Å². The normalized spacial score (nSPS) is 13.1. The summed E-state index contributed by atoms with van der Waals surface area (Å²) >= 11 is 0. The average Bonchev–Trinajstić information content (AvgIpc) is 3.23. The van der Waals surface area contributed by atoms with Gasteiger partial charge in [0.25, 0.3) is 0 Å². The topological polar surface area (TPSA) is 36.3 Å². The lowest BCUT2D eigenvalue weighted by molar-refractivity contribution is 0.209. The maximum Gasteiger partial charge on any atom is 0.213 e. The molecule has 0 aliphatic carbocycles. The zero-order valence-corrected chi connectivity index (χ0v) is 15.7. The first-order valence-corrected chi connectivity index (χ1v) is 9.56. The number of imidazole rings is 2. The van der Waals surface area contributed by atoms with Gasteiger partial charge >= 0.3 is 0 Å². The van der Waals surface area contributed by atoms with Gasteiger partial charge in [0, 0.05) is 5.56 Å². The first kappa shape index (κ1) is 16.9. The number of H-pyrrole nitrogens is 1. The predicted molar refractivity (Wildman–Crippen MR) is 108 cm³/mol. The fourth-order valence-corrected chi connectivity index (χ4v) is 4.06. The first-order valence-electron chi connectivity index (χ1n) is 9.56. The highest BCUT2D eigenvalue weighted by Crippen LogP contribution is 2.35. The molecule has 4 aromatic rings. The maximum atomic E-state index is 5.02. The van der Waals surface area contributed by atoms with Gasteiger partial charge in [-0.3, -0.25) is 9.30 Å². The summed E-state index contributed by atoms with van der Waals surface area (Å²) in [5, 5.41) is 0. The van der Waals surface area contributed by atoms with Gasteiger partial charge in [0.05, 0.1) is 28.5 Å². The van der Waals surface area contributed by atoms with Crippen LogP contribution in [0.25, 0.3) is 28.1 Å². The first-order chi connectivity index (χ1) is 12.8. The highest BCUT2D eigenvalue weighted by atomic mass is 15.2. The highest BCUT2D eigenvalue weighted by molar-refractivity contribution is 5.82. The maximum absolute atomic E-state index is 5.02. The summed E-state index contributed by atoms with van der Waals surface area (Å²) in [6.07, 6.45) is 1.05. The SMILES string of the molecule is CCC(c1c(-c2ccccc2)nc2[nH]c3ccccc3n12)N(CC)CC. The van der Waals surface area contributed by atoms with Crippen molar-refractivity contribution in [1.82, 2.24) is 19.3 Å². The second-order valence-electron chi connectivity index (χ2n) is 6.66. The van der Waals surface area contributed by atoms with Crippen LogP contribution in [0.5, 0.6) is 0 Å². The van der Waals surface area contributed by atoms with Crippen LogP contribution in [0.3, 0.4) is 0 Å². The van der Waals surface area contributed by atoms with Crippen LogP contribution in [0.4, 0.5) is 0 Å². The number of hydrogen-bond acceptors (Lipinski definition) is 2. The van der Waals surface area contributed by atoms with E-state index in [1.165, 1.54) is 16.8 Å². The van der Waals surface area contributed by atoms with Crippen molar-refractivity contribution in [3.63, 3.8) is 0 Å². The molecule has 1 atom stereocenters. The van der Waals surface area contributed by atoms with Crippen LogP contribution in [0.1, 0.15) is 38.9 Å². The van der Waals surface area contributed by atoms with Crippen LogP contribution in [0.15, 0.2) is 54.6 Å². The van der Waals surface area contributed by atoms with Crippen molar-refractivity contribution >= 4 is 16.8 Å². The van der Waals surface area contributed by atoms with Crippen molar-refractivity contribution in [2.24, 2.45) is 0 Å². The Hall–Kier alpha value is -2.59. The molecule has 0 aliphatic heterocycles. The molecule has 0 spiro atoms. The van der Waals surface area contributed by atoms with Crippen LogP contribution in [0, 0.1) is 0 Å². The second-order valence-corrected chi connectivity index (χ2v) is 6.66. The van der Waals surface area contributed by atoms with E-state index in [4.69, 9.17) is 4.98 Å². The van der Waals surface area contributed by atoms with E-state index in [1.807, 2.05) is 0 Å². The minimum absolute atomic E-state index is 0.328. The lowest BCUT2D eigenvalue weighted by Crippen LogP contribution is -2.29. The zero-order chi connectivity index (χ0) is 18.1. The van der Waals surface area contributed by atoms with Gasteiger partial charge in [0.15, 0.2) is 0 Å². The standard InChI is InChI=1S/C22H26N4/c1-4-18(25(5-2)6-3)21-20(16-12-8-7-9-13-16)24-22-23-17-14-10-11-15-19(17)26(21)22/h7-15,18H,4-6H2,1-3H3,(H,23,24). The van der Waals surface area contributed by atoms with E-state index in [0.717, 1.165) is 36.5 Å². The molecule has 134 valence electrons. The molecule has 1 unspecified atom stereocenters. The lowest BCUT2D eigenvalue weighted by atomic mass is 10.0. The Bertz CT molecular complexity index is 1010. The third kappa shape index (κ3) is 2.61. The Morgan fingerprint density at radius 3 is 2.35 bits per heavy atom. The quantitative estimate of drug-likeness (QED) is 0.516. The molecule has 4 heteroatoms. The smallest absolute Gasteiger partial charge is 0.213 e. The Labute approximate surface area is 154 Å². The van der Waals surface area contributed by atoms with Crippen molar-refractivity contribution in [3.05, 3.63) is 60.3 Å². The molecule has 0 radical (unpaired) electrons. The second kappa shape index (κ2) is 6.96. The molecule has 0 saturated heterocycles. The summed E-state index contributed by atoms with van der Waals surface area (Å²) in [7, 11) is 0. The third-order valence-corrected chi connectivity index (χ3v) is 5.31. The van der Waals surface area contributed by atoms with E-state index < -0.39 is 0 Å². The third-order valence-electron chi connectivity index (χ3n) is 5.31. The molecule has 2 aromatic heterocycles. The molecule has 4 nitrogen and oxygen atoms in total. The highest BCUT2D eigenvalue weighted by Gasteiger charge is 2.26. The van der Waals surface area contributed by atoms with Crippen molar-refractivity contribution < 1.29 is 0 Å². The van der Waals surface area contributed by atoms with Crippen LogP contribution >= 0.6 is 0 Å². The monoisotopic (exact) mass is 346 g/mol. The molecule has 0 amide bonds. The van der Waals surface area contributed by atoms with Crippen molar-refractivity contribution in [2.75, 3.05) is 13.1 Å². The molecule has 4 rings (SSSR count). The minimum atomic E-state index is 0.328. The number of benzene rings is 2. The van der Waals surface area contributed by atoms with Crippen LogP contribution < -0.4 is 0 Å². The van der Waals surface area contributed by atoms with Gasteiger partial charge in [-0.15, -0.1) is 0 Å². The van der Waals surface area contributed by atoms with Crippen molar-refractivity contribution in [2.45, 2.75) is 33.2 Å². The fraction of sp³-hybridized carbons (Fsp3) is 0.318. The number of nitrogens with one attached hydrogen (secondary N) is 1. The number of rotatable bonds is 6. The number of nitrogens with zero attached hydrogens (tertiary/aromatic N) is 3. The van der Waals surface area contributed by atoms with E-state index in [2.05, 4.69) is 89.7 Å². The van der Waals surface area contributed by atoms with Gasteiger partial charge in [0.1, 0.15) is 0 Å². The molecule has 2 heterocycles. The summed E-state index contributed by atoms with van der Waals surface area (Å²) < 4.78 is 2.32. The van der Waals surface area contributed by atoms with Gasteiger partial charge in [-0.25, -0.2) is 4.98 Å². The summed E-state index contributed by atoms with van der Waals surface area (Å²) in [5.74, 6) is 0.922. The largest absolute Gasteiger partial charge is 0.323 e. The molecule has 1 N–H and O–H groups in total. The molecular formula is C22H26N4. The Balaban J connectivity index is 2.05. The van der Waals surface area contributed by atoms with E-state index >= 15 is 0 Å². The average molecular weight is 346 g/mol. The molecule has 2 aromatic carbocycles. The lowest BCUT2D eigenvalue weighted by Gasteiger charge is -2.29. The zero-order valence-electron chi connectivity index (χ0n) is 15.7. The van der Waals surface area contributed by atoms with Gasteiger partial charge < -0.3 is 4.98 Å². The summed E-state index contributed by atoms with van der Waals surface area (Å²) in [5.41, 5.74) is 5.87. The van der Waals surface area contributed by atoms with Crippen LogP contribution in [-0.4, -0.2) is 32.4 Å². The van der Waals surface area contributed by atoms with Crippen molar-refractivity contribution in [1.29, 1.82) is 0 Å². The number of aromatic nitrogens is 3. The summed E-state index contributed by atoms with van der Waals surface area (Å²) in [6.45, 7) is 8.80. The molecule has 0 aliphatic rings. The Kier molecular flexibility index (Phi) is 4.51. The number of fused-ring (bicyclic) bond motifs is 3. The molecule has 0 fully saturated rings. The van der Waals surface area contributed by atoms with Gasteiger partial charge in [0.2, 0.25) is 5.78 Å². The van der Waals surface area contributed by atoms with E-state index in [9.17, 15) is 0 Å². The van der Waals surface area contributed by atoms with E-state index in [-0.39, 0.29) is 0 Å². The number of para-hydroxylation sites is 2. The predicted octanol–water partition coefficient (Wildman–Crippen LogP) is 5.28. The summed E-state index contributed by atoms with van der Waals surface area (Å²) in [4.78, 5) is 11.0. The van der Waals surface area contributed by atoms with Crippen LogP contribution in [0.2, 0.25) is 0 Å².